The smallest absolute Gasteiger partial charge is 0.229 e. The Morgan fingerprint density at radius 3 is 2.56 bits per heavy atom. The average molecular weight is 450 g/mol. The first-order valence-electron chi connectivity index (χ1n) is 10.6. The van der Waals surface area contributed by atoms with Crippen LogP contribution in [0.5, 0.6) is 0 Å². The van der Waals surface area contributed by atoms with Crippen molar-refractivity contribution >= 4 is 17.3 Å². The van der Waals surface area contributed by atoms with E-state index in [0.717, 1.165) is 39.9 Å². The second-order valence-electron chi connectivity index (χ2n) is 8.43. The van der Waals surface area contributed by atoms with Gasteiger partial charge in [0, 0.05) is 41.0 Å². The molecule has 8 nitrogen and oxygen atoms in total. The number of fused-ring (bicyclic) bond motifs is 3. The molecule has 0 fully saturated rings. The van der Waals surface area contributed by atoms with Gasteiger partial charge in [0.2, 0.25) is 5.89 Å². The second-order valence-corrected chi connectivity index (χ2v) is 8.87. The van der Waals surface area contributed by atoms with Gasteiger partial charge in [-0.1, -0.05) is 42.7 Å². The van der Waals surface area contributed by atoms with E-state index in [9.17, 15) is 0 Å². The molecule has 0 radical (unpaired) electrons. The number of hydrogen-bond donors (Lipinski definition) is 0. The predicted octanol–water partition coefficient (Wildman–Crippen LogP) is 4.52. The van der Waals surface area contributed by atoms with Crippen molar-refractivity contribution in [1.82, 2.24) is 29.5 Å². The van der Waals surface area contributed by atoms with Crippen molar-refractivity contribution in [3.63, 3.8) is 0 Å². The molecule has 32 heavy (non-hydrogen) atoms. The molecule has 0 saturated carbocycles. The Morgan fingerprint density at radius 2 is 1.88 bits per heavy atom. The van der Waals surface area contributed by atoms with Gasteiger partial charge in [0.15, 0.2) is 11.6 Å². The zero-order valence-electron chi connectivity index (χ0n) is 18.7. The van der Waals surface area contributed by atoms with E-state index in [1.165, 1.54) is 0 Å². The van der Waals surface area contributed by atoms with E-state index in [0.29, 0.717) is 23.2 Å². The summed E-state index contributed by atoms with van der Waals surface area (Å²) in [5.41, 5.74) is 5.03. The van der Waals surface area contributed by atoms with E-state index >= 15 is 0 Å². The molecule has 164 valence electrons. The molecule has 0 aliphatic carbocycles. The number of aryl methyl sites for hydroxylation is 2. The molecule has 0 saturated heterocycles. The first-order chi connectivity index (χ1) is 15.3. The average Bonchev–Trinajstić information content (AvgIpc) is 3.42. The quantitative estimate of drug-likeness (QED) is 0.457. The Kier molecular flexibility index (Phi) is 4.97. The first-order valence-corrected chi connectivity index (χ1v) is 11.0. The summed E-state index contributed by atoms with van der Waals surface area (Å²) in [7, 11) is 2.03. The minimum absolute atomic E-state index is 0.188. The molecule has 3 aromatic heterocycles. The fraction of sp³-hybridized carbons (Fsp3) is 0.348. The van der Waals surface area contributed by atoms with Crippen molar-refractivity contribution in [3.05, 3.63) is 75.7 Å². The van der Waals surface area contributed by atoms with Crippen LogP contribution in [0.25, 0.3) is 5.69 Å². The van der Waals surface area contributed by atoms with Crippen LogP contribution in [0.2, 0.25) is 5.02 Å². The lowest BCUT2D eigenvalue weighted by atomic mass is 10.0. The van der Waals surface area contributed by atoms with Gasteiger partial charge in [0.05, 0.1) is 17.8 Å². The number of nitrogens with zero attached hydrogens (tertiary/aromatic N) is 7. The van der Waals surface area contributed by atoms with Crippen LogP contribution in [-0.2, 0) is 13.5 Å². The number of benzene rings is 1. The standard InChI is InChI=1S/C23H24ClN7O/c1-12(2)22-26-19(32-29-22)10-17-23-28-27-14(4)31(23)18-11-30(5)13(3)20(18)21(25-17)15-6-8-16(24)9-7-15/h6-9,11-12,17H,10H2,1-5H3. The van der Waals surface area contributed by atoms with Gasteiger partial charge in [-0.2, -0.15) is 4.98 Å². The number of halogens is 1. The van der Waals surface area contributed by atoms with Crippen molar-refractivity contribution in [2.24, 2.45) is 12.0 Å². The van der Waals surface area contributed by atoms with Crippen molar-refractivity contribution < 1.29 is 4.52 Å². The molecule has 0 amide bonds. The minimum atomic E-state index is -0.334. The van der Waals surface area contributed by atoms with Gasteiger partial charge >= 0.3 is 0 Å². The van der Waals surface area contributed by atoms with Crippen molar-refractivity contribution in [2.45, 2.75) is 46.1 Å². The van der Waals surface area contributed by atoms with E-state index in [4.69, 9.17) is 21.1 Å². The molecule has 1 aliphatic rings. The molecule has 0 N–H and O–H groups in total. The normalized spacial score (nSPS) is 15.5. The Bertz CT molecular complexity index is 1330. The van der Waals surface area contributed by atoms with E-state index in [-0.39, 0.29) is 12.0 Å². The molecule has 5 rings (SSSR count). The van der Waals surface area contributed by atoms with Gasteiger partial charge in [-0.25, -0.2) is 0 Å². The highest BCUT2D eigenvalue weighted by Crippen LogP contribution is 2.35. The van der Waals surface area contributed by atoms with Gasteiger partial charge in [-0.3, -0.25) is 9.56 Å². The van der Waals surface area contributed by atoms with Crippen LogP contribution < -0.4 is 0 Å². The Morgan fingerprint density at radius 1 is 1.12 bits per heavy atom. The Labute approximate surface area is 191 Å². The summed E-state index contributed by atoms with van der Waals surface area (Å²) in [4.78, 5) is 9.77. The lowest BCUT2D eigenvalue weighted by Gasteiger charge is -2.11. The number of aromatic nitrogens is 6. The lowest BCUT2D eigenvalue weighted by Crippen LogP contribution is -2.10. The molecule has 0 spiro atoms. The Balaban J connectivity index is 1.71. The Hall–Kier alpha value is -3.26. The lowest BCUT2D eigenvalue weighted by molar-refractivity contribution is 0.362. The SMILES string of the molecule is Cc1c2c(cn1C)-n1c(C)nnc1C(Cc1nc(C(C)C)no1)N=C2c1ccc(Cl)cc1. The molecular formula is C23H24ClN7O. The monoisotopic (exact) mass is 449 g/mol. The number of aliphatic imine (C=N–C) groups is 1. The third-order valence-electron chi connectivity index (χ3n) is 5.86. The summed E-state index contributed by atoms with van der Waals surface area (Å²) < 4.78 is 9.73. The molecule has 1 unspecified atom stereocenters. The maximum atomic E-state index is 6.16. The summed E-state index contributed by atoms with van der Waals surface area (Å²) >= 11 is 6.16. The summed E-state index contributed by atoms with van der Waals surface area (Å²) in [5.74, 6) is 2.97. The maximum absolute atomic E-state index is 6.16. The van der Waals surface area contributed by atoms with Crippen molar-refractivity contribution in [3.8, 4) is 5.69 Å². The molecule has 9 heteroatoms. The molecule has 4 heterocycles. The van der Waals surface area contributed by atoms with Gasteiger partial charge < -0.3 is 9.09 Å². The number of hydrogen-bond acceptors (Lipinski definition) is 6. The topological polar surface area (TPSA) is 86.9 Å². The van der Waals surface area contributed by atoms with E-state index in [2.05, 4.69) is 42.6 Å². The predicted molar refractivity (Wildman–Crippen MR) is 122 cm³/mol. The third kappa shape index (κ3) is 3.35. The molecule has 1 atom stereocenters. The first kappa shape index (κ1) is 20.6. The third-order valence-corrected chi connectivity index (χ3v) is 6.11. The summed E-state index contributed by atoms with van der Waals surface area (Å²) in [6, 6.07) is 7.43. The fourth-order valence-electron chi connectivity index (χ4n) is 4.05. The number of rotatable bonds is 4. The van der Waals surface area contributed by atoms with Crippen LogP contribution in [0.15, 0.2) is 40.0 Å². The highest BCUT2D eigenvalue weighted by molar-refractivity contribution is 6.30. The van der Waals surface area contributed by atoms with Crippen molar-refractivity contribution in [1.29, 1.82) is 0 Å². The highest BCUT2D eigenvalue weighted by Gasteiger charge is 2.32. The van der Waals surface area contributed by atoms with Crippen LogP contribution >= 0.6 is 11.6 Å². The minimum Gasteiger partial charge on any atom is -0.352 e. The van der Waals surface area contributed by atoms with Crippen LogP contribution in [-0.4, -0.2) is 35.2 Å². The van der Waals surface area contributed by atoms with Crippen LogP contribution in [0.4, 0.5) is 0 Å². The molecule has 1 aliphatic heterocycles. The van der Waals surface area contributed by atoms with Gasteiger partial charge in [0.1, 0.15) is 11.9 Å². The summed E-state index contributed by atoms with van der Waals surface area (Å²) in [5, 5.41) is 13.7. The van der Waals surface area contributed by atoms with Crippen molar-refractivity contribution in [2.75, 3.05) is 0 Å². The molecule has 4 aromatic rings. The van der Waals surface area contributed by atoms with E-state index in [1.54, 1.807) is 0 Å². The van der Waals surface area contributed by atoms with Crippen LogP contribution in [0.3, 0.4) is 0 Å². The van der Waals surface area contributed by atoms with Gasteiger partial charge in [0.25, 0.3) is 0 Å². The fourth-order valence-corrected chi connectivity index (χ4v) is 4.18. The summed E-state index contributed by atoms with van der Waals surface area (Å²) in [6.07, 6.45) is 2.53. The van der Waals surface area contributed by atoms with E-state index in [1.807, 2.05) is 52.1 Å². The second kappa shape index (κ2) is 7.70. The van der Waals surface area contributed by atoms with E-state index < -0.39 is 0 Å². The highest BCUT2D eigenvalue weighted by atomic mass is 35.5. The van der Waals surface area contributed by atoms with Gasteiger partial charge in [-0.15, -0.1) is 10.2 Å². The van der Waals surface area contributed by atoms with Crippen LogP contribution in [0.1, 0.15) is 66.0 Å². The molecule has 1 aromatic carbocycles. The van der Waals surface area contributed by atoms with Gasteiger partial charge in [-0.05, 0) is 26.0 Å². The zero-order valence-corrected chi connectivity index (χ0v) is 19.4. The molecule has 0 bridgehead atoms. The summed E-state index contributed by atoms with van der Waals surface area (Å²) in [6.45, 7) is 8.13. The molecular weight excluding hydrogens is 426 g/mol. The maximum Gasteiger partial charge on any atom is 0.229 e. The van der Waals surface area contributed by atoms with Crippen LogP contribution in [0, 0.1) is 13.8 Å². The zero-order chi connectivity index (χ0) is 22.6. The largest absolute Gasteiger partial charge is 0.352 e.